The third kappa shape index (κ3) is 5.04. The van der Waals surface area contributed by atoms with Gasteiger partial charge in [-0.1, -0.05) is 6.07 Å². The van der Waals surface area contributed by atoms with Gasteiger partial charge in [-0.3, -0.25) is 4.98 Å². The normalized spacial score (nSPS) is 12.0. The first-order chi connectivity index (χ1) is 11.0. The molecule has 0 radical (unpaired) electrons. The van der Waals surface area contributed by atoms with Crippen molar-refractivity contribution in [3.05, 3.63) is 45.4 Å². The Bertz CT molecular complexity index is 633. The van der Waals surface area contributed by atoms with Gasteiger partial charge in [0.15, 0.2) is 0 Å². The van der Waals surface area contributed by atoms with Crippen molar-refractivity contribution < 1.29 is 9.90 Å². The van der Waals surface area contributed by atoms with Gasteiger partial charge in [-0.2, -0.15) is 0 Å². The van der Waals surface area contributed by atoms with E-state index in [0.29, 0.717) is 6.54 Å². The Morgan fingerprint density at radius 1 is 1.39 bits per heavy atom. The highest BCUT2D eigenvalue weighted by Gasteiger charge is 2.13. The lowest BCUT2D eigenvalue weighted by molar-refractivity contribution is 0.218. The minimum Gasteiger partial charge on any atom is -0.396 e. The molecule has 3 N–H and O–H groups in total. The number of amides is 2. The van der Waals surface area contributed by atoms with E-state index in [-0.39, 0.29) is 18.6 Å². The maximum atomic E-state index is 12.1. The van der Waals surface area contributed by atoms with Crippen LogP contribution in [-0.2, 0) is 6.42 Å². The lowest BCUT2D eigenvalue weighted by Crippen LogP contribution is -2.35. The Balaban J connectivity index is 1.89. The summed E-state index contributed by atoms with van der Waals surface area (Å²) in [5.74, 6) is 0.0118. The number of rotatable bonds is 6. The Kier molecular flexibility index (Phi) is 6.12. The molecule has 0 aliphatic rings. The van der Waals surface area contributed by atoms with Gasteiger partial charge in [0.25, 0.3) is 0 Å². The average molecular weight is 333 g/mol. The molecule has 2 heterocycles. The molecule has 0 unspecified atom stereocenters. The summed E-state index contributed by atoms with van der Waals surface area (Å²) in [6.07, 6.45) is 0.762. The molecule has 0 aliphatic carbocycles. The molecule has 5 nitrogen and oxygen atoms in total. The second kappa shape index (κ2) is 8.08. The number of carbonyl (C=O) groups excluding carboxylic acids is 1. The lowest BCUT2D eigenvalue weighted by Gasteiger charge is -2.16. The quantitative estimate of drug-likeness (QED) is 0.760. The number of nitrogens with zero attached hydrogens (tertiary/aromatic N) is 1. The molecule has 2 aromatic heterocycles. The van der Waals surface area contributed by atoms with Gasteiger partial charge in [-0.25, -0.2) is 4.79 Å². The molecule has 2 amide bonds. The highest BCUT2D eigenvalue weighted by atomic mass is 32.1. The standard InChI is InChI=1S/C17H23N3O2S/c1-11-7-12(2)19-13(3)16(11)20-17(22)18-9-14(10-21)8-15-5-4-6-23-15/h4-7,14,21H,8-10H2,1-3H3,(H2,18,20,22)/t14-/m1/s1. The van der Waals surface area contributed by atoms with E-state index in [1.54, 1.807) is 11.3 Å². The van der Waals surface area contributed by atoms with E-state index in [2.05, 4.69) is 15.6 Å². The summed E-state index contributed by atoms with van der Waals surface area (Å²) in [6.45, 7) is 6.23. The third-order valence-electron chi connectivity index (χ3n) is 3.64. The zero-order valence-corrected chi connectivity index (χ0v) is 14.5. The Hall–Kier alpha value is -1.92. The van der Waals surface area contributed by atoms with E-state index in [9.17, 15) is 9.90 Å². The smallest absolute Gasteiger partial charge is 0.319 e. The van der Waals surface area contributed by atoms with E-state index in [4.69, 9.17) is 0 Å². The second-order valence-corrected chi connectivity index (χ2v) is 6.74. The molecule has 0 saturated heterocycles. The van der Waals surface area contributed by atoms with Crippen molar-refractivity contribution in [3.8, 4) is 0 Å². The van der Waals surface area contributed by atoms with Gasteiger partial charge in [-0.15, -0.1) is 11.3 Å². The molecule has 0 saturated carbocycles. The van der Waals surface area contributed by atoms with Crippen LogP contribution in [0.4, 0.5) is 10.5 Å². The number of nitrogens with one attached hydrogen (secondary N) is 2. The molecule has 2 aromatic rings. The highest BCUT2D eigenvalue weighted by Crippen LogP contribution is 2.19. The van der Waals surface area contributed by atoms with Crippen LogP contribution in [-0.4, -0.2) is 29.3 Å². The minimum absolute atomic E-state index is 0.0118. The Morgan fingerprint density at radius 2 is 2.17 bits per heavy atom. The van der Waals surface area contributed by atoms with Crippen LogP contribution in [0.25, 0.3) is 0 Å². The topological polar surface area (TPSA) is 74.2 Å². The monoisotopic (exact) mass is 333 g/mol. The number of anilines is 1. The van der Waals surface area contributed by atoms with E-state index < -0.39 is 0 Å². The van der Waals surface area contributed by atoms with E-state index in [1.807, 2.05) is 44.4 Å². The average Bonchev–Trinajstić information content (AvgIpc) is 3.00. The van der Waals surface area contributed by atoms with Crippen molar-refractivity contribution in [2.24, 2.45) is 5.92 Å². The largest absolute Gasteiger partial charge is 0.396 e. The maximum absolute atomic E-state index is 12.1. The van der Waals surface area contributed by atoms with Crippen molar-refractivity contribution in [1.29, 1.82) is 0 Å². The fraction of sp³-hybridized carbons (Fsp3) is 0.412. The van der Waals surface area contributed by atoms with Crippen molar-refractivity contribution in [2.45, 2.75) is 27.2 Å². The summed E-state index contributed by atoms with van der Waals surface area (Å²) in [6, 6.07) is 5.70. The van der Waals surface area contributed by atoms with Crippen LogP contribution in [0.2, 0.25) is 0 Å². The zero-order valence-electron chi connectivity index (χ0n) is 13.7. The molecular weight excluding hydrogens is 310 g/mol. The van der Waals surface area contributed by atoms with Crippen LogP contribution in [0.15, 0.2) is 23.6 Å². The number of aryl methyl sites for hydroxylation is 3. The van der Waals surface area contributed by atoms with Crippen LogP contribution >= 0.6 is 11.3 Å². The number of urea groups is 1. The van der Waals surface area contributed by atoms with Gasteiger partial charge in [0.05, 0.1) is 11.4 Å². The van der Waals surface area contributed by atoms with Crippen molar-refractivity contribution >= 4 is 23.1 Å². The SMILES string of the molecule is Cc1cc(C)c(NC(=O)NC[C@H](CO)Cc2cccs2)c(C)n1. The number of hydrogen-bond acceptors (Lipinski definition) is 4. The zero-order chi connectivity index (χ0) is 16.8. The van der Waals surface area contributed by atoms with E-state index in [1.165, 1.54) is 4.88 Å². The fourth-order valence-corrected chi connectivity index (χ4v) is 3.34. The molecule has 23 heavy (non-hydrogen) atoms. The summed E-state index contributed by atoms with van der Waals surface area (Å²) < 4.78 is 0. The minimum atomic E-state index is -0.272. The third-order valence-corrected chi connectivity index (χ3v) is 4.54. The number of carbonyl (C=O) groups is 1. The predicted molar refractivity (Wildman–Crippen MR) is 94.1 cm³/mol. The Labute approximate surface area is 140 Å². The molecule has 6 heteroatoms. The van der Waals surface area contributed by atoms with E-state index in [0.717, 1.165) is 29.1 Å². The first-order valence-electron chi connectivity index (χ1n) is 7.62. The molecule has 2 rings (SSSR count). The molecule has 0 fully saturated rings. The fourth-order valence-electron chi connectivity index (χ4n) is 2.52. The van der Waals surface area contributed by atoms with Crippen LogP contribution < -0.4 is 10.6 Å². The number of aliphatic hydroxyl groups excluding tert-OH is 1. The summed E-state index contributed by atoms with van der Waals surface area (Å²) in [4.78, 5) is 17.7. The molecule has 124 valence electrons. The van der Waals surface area contributed by atoms with Crippen molar-refractivity contribution in [3.63, 3.8) is 0 Å². The molecule has 0 spiro atoms. The van der Waals surface area contributed by atoms with Gasteiger partial charge in [0, 0.05) is 29.6 Å². The molecule has 0 aromatic carbocycles. The summed E-state index contributed by atoms with van der Waals surface area (Å²) in [5, 5.41) is 17.2. The number of aromatic nitrogens is 1. The second-order valence-electron chi connectivity index (χ2n) is 5.71. The number of aliphatic hydroxyl groups is 1. The van der Waals surface area contributed by atoms with Crippen molar-refractivity contribution in [2.75, 3.05) is 18.5 Å². The van der Waals surface area contributed by atoms with Gasteiger partial charge in [0.1, 0.15) is 0 Å². The summed E-state index contributed by atoms with van der Waals surface area (Å²) >= 11 is 1.66. The van der Waals surface area contributed by atoms with E-state index >= 15 is 0 Å². The van der Waals surface area contributed by atoms with Crippen LogP contribution in [0.1, 0.15) is 21.8 Å². The number of thiophene rings is 1. The Morgan fingerprint density at radius 3 is 2.78 bits per heavy atom. The lowest BCUT2D eigenvalue weighted by atomic mass is 10.1. The molecule has 0 aliphatic heterocycles. The van der Waals surface area contributed by atoms with Crippen LogP contribution in [0, 0.1) is 26.7 Å². The van der Waals surface area contributed by atoms with Gasteiger partial charge in [0.2, 0.25) is 0 Å². The summed E-state index contributed by atoms with van der Waals surface area (Å²) in [5.41, 5.74) is 3.46. The number of pyridine rings is 1. The van der Waals surface area contributed by atoms with Gasteiger partial charge in [-0.05, 0) is 50.3 Å². The van der Waals surface area contributed by atoms with Crippen LogP contribution in [0.3, 0.4) is 0 Å². The first kappa shape index (κ1) is 17.4. The van der Waals surface area contributed by atoms with Gasteiger partial charge >= 0.3 is 6.03 Å². The first-order valence-corrected chi connectivity index (χ1v) is 8.50. The van der Waals surface area contributed by atoms with Crippen LogP contribution in [0.5, 0.6) is 0 Å². The van der Waals surface area contributed by atoms with Gasteiger partial charge < -0.3 is 15.7 Å². The molecule has 0 bridgehead atoms. The highest BCUT2D eigenvalue weighted by molar-refractivity contribution is 7.09. The predicted octanol–water partition coefficient (Wildman–Crippen LogP) is 3.04. The molecular formula is C17H23N3O2S. The maximum Gasteiger partial charge on any atom is 0.319 e. The van der Waals surface area contributed by atoms with Crippen molar-refractivity contribution in [1.82, 2.24) is 10.3 Å². The summed E-state index contributed by atoms with van der Waals surface area (Å²) in [7, 11) is 0. The molecule has 1 atom stereocenters. The number of hydrogen-bond donors (Lipinski definition) is 3.